The van der Waals surface area contributed by atoms with Crippen molar-refractivity contribution in [2.45, 2.75) is 135 Å². The van der Waals surface area contributed by atoms with Crippen molar-refractivity contribution < 1.29 is 4.74 Å². The minimum Gasteiger partial charge on any atom is -0.497 e. The zero-order chi connectivity index (χ0) is 38.1. The Labute approximate surface area is 321 Å². The molecule has 2 aliphatic rings. The average Bonchev–Trinajstić information content (AvgIpc) is 3.55. The van der Waals surface area contributed by atoms with Crippen LogP contribution in [0.1, 0.15) is 158 Å². The van der Waals surface area contributed by atoms with Gasteiger partial charge >= 0.3 is 0 Å². The van der Waals surface area contributed by atoms with Gasteiger partial charge in [-0.2, -0.15) is 0 Å². The van der Waals surface area contributed by atoms with Gasteiger partial charge in [-0.15, -0.1) is 0 Å². The minimum absolute atomic E-state index is 0.0146. The number of fused-ring (bicyclic) bond motifs is 6. The van der Waals surface area contributed by atoms with Gasteiger partial charge < -0.3 is 4.74 Å². The van der Waals surface area contributed by atoms with E-state index in [0.29, 0.717) is 0 Å². The maximum absolute atomic E-state index is 5.94. The molecular weight excluding hydrogens is 641 g/mol. The highest BCUT2D eigenvalue weighted by Gasteiger charge is 2.42. The van der Waals surface area contributed by atoms with E-state index in [0.717, 1.165) is 37.9 Å². The molecule has 0 aromatic heterocycles. The Hall–Kier alpha value is -4.10. The van der Waals surface area contributed by atoms with Gasteiger partial charge in [-0.05, 0) is 122 Å². The van der Waals surface area contributed by atoms with Crippen molar-refractivity contribution in [1.29, 1.82) is 0 Å². The van der Waals surface area contributed by atoms with E-state index in [9.17, 15) is 0 Å². The average molecular weight is 703 g/mol. The van der Waals surface area contributed by atoms with Gasteiger partial charge in [-0.25, -0.2) is 0 Å². The summed E-state index contributed by atoms with van der Waals surface area (Å²) in [6.45, 7) is 26.2. The number of methoxy groups -OCH3 is 1. The molecule has 1 nitrogen and oxygen atoms in total. The second-order valence-corrected chi connectivity index (χ2v) is 17.8. The van der Waals surface area contributed by atoms with Crippen LogP contribution in [0.5, 0.6) is 5.75 Å². The summed E-state index contributed by atoms with van der Waals surface area (Å²) in [5.74, 6) is 0.957. The Morgan fingerprint density at radius 2 is 0.830 bits per heavy atom. The second kappa shape index (κ2) is 13.0. The molecule has 5 aromatic rings. The molecule has 276 valence electrons. The molecule has 5 aromatic carbocycles. The first-order valence-electron chi connectivity index (χ1n) is 20.4. The third kappa shape index (κ3) is 5.38. The van der Waals surface area contributed by atoms with E-state index in [1.165, 1.54) is 72.3 Å². The van der Waals surface area contributed by atoms with Crippen LogP contribution in [-0.2, 0) is 27.1 Å². The fourth-order valence-electron chi connectivity index (χ4n) is 10.4. The molecule has 0 fully saturated rings. The van der Waals surface area contributed by atoms with Gasteiger partial charge in [-0.3, -0.25) is 0 Å². The fraction of sp³-hybridized carbons (Fsp3) is 0.423. The Morgan fingerprint density at radius 3 is 1.26 bits per heavy atom. The topological polar surface area (TPSA) is 9.23 Å². The highest BCUT2D eigenvalue weighted by atomic mass is 16.5. The molecule has 0 N–H and O–H groups in total. The minimum atomic E-state index is -0.123. The standard InChI is InChI=1S/C52H62O/c1-13-48(6,7)37-28-38(30-39(29-37)53-12)52(16-4,17-5)36-24-27-43-42-26-23-35(32-46(42)50(10,11)47(43)33-36)51(14-2,15-3)34-22-25-41-40-20-18-19-21-44(40)49(8,9)45(41)31-34/h18-33H,13-17H2,1-12H3. The molecule has 7 rings (SSSR count). The summed E-state index contributed by atoms with van der Waals surface area (Å²) in [4.78, 5) is 0. The lowest BCUT2D eigenvalue weighted by Crippen LogP contribution is -2.28. The van der Waals surface area contributed by atoms with E-state index in [2.05, 4.69) is 173 Å². The summed E-state index contributed by atoms with van der Waals surface area (Å²) < 4.78 is 5.94. The Morgan fingerprint density at radius 1 is 0.434 bits per heavy atom. The SMILES string of the molecule is CCC(C)(C)c1cc(OC)cc(C(CC)(CC)c2ccc3c(c2)C(C)(C)c2cc(C(CC)(CC)c4ccc5c(c4)C(C)(C)c4ccccc4-5)ccc2-3)c1. The molecule has 0 bridgehead atoms. The van der Waals surface area contributed by atoms with Gasteiger partial charge in [0.15, 0.2) is 0 Å². The normalized spacial score (nSPS) is 15.5. The van der Waals surface area contributed by atoms with Gasteiger partial charge in [0.2, 0.25) is 0 Å². The molecule has 53 heavy (non-hydrogen) atoms. The third-order valence-corrected chi connectivity index (χ3v) is 14.7. The predicted molar refractivity (Wildman–Crippen MR) is 227 cm³/mol. The number of rotatable bonds is 11. The van der Waals surface area contributed by atoms with Gasteiger partial charge in [0.05, 0.1) is 7.11 Å². The monoisotopic (exact) mass is 702 g/mol. The Bertz CT molecular complexity index is 2180. The number of hydrogen-bond acceptors (Lipinski definition) is 1. The molecular formula is C52H62O. The largest absolute Gasteiger partial charge is 0.497 e. The van der Waals surface area contributed by atoms with E-state index >= 15 is 0 Å². The molecule has 0 saturated heterocycles. The lowest BCUT2D eigenvalue weighted by molar-refractivity contribution is 0.405. The Kier molecular flexibility index (Phi) is 9.16. The van der Waals surface area contributed by atoms with Crippen molar-refractivity contribution in [2.24, 2.45) is 0 Å². The summed E-state index contributed by atoms with van der Waals surface area (Å²) in [5.41, 5.74) is 18.1. The van der Waals surface area contributed by atoms with E-state index in [-0.39, 0.29) is 27.1 Å². The number of benzene rings is 5. The van der Waals surface area contributed by atoms with Gasteiger partial charge in [-0.1, -0.05) is 161 Å². The van der Waals surface area contributed by atoms with Crippen molar-refractivity contribution in [3.8, 4) is 28.0 Å². The second-order valence-electron chi connectivity index (χ2n) is 17.8. The zero-order valence-electron chi connectivity index (χ0n) is 34.7. The van der Waals surface area contributed by atoms with Crippen LogP contribution in [0.25, 0.3) is 22.3 Å². The maximum Gasteiger partial charge on any atom is 0.119 e. The first-order valence-corrected chi connectivity index (χ1v) is 20.4. The van der Waals surface area contributed by atoms with Crippen molar-refractivity contribution in [3.63, 3.8) is 0 Å². The fourth-order valence-corrected chi connectivity index (χ4v) is 10.4. The molecule has 0 heterocycles. The summed E-state index contributed by atoms with van der Waals surface area (Å²) in [5, 5.41) is 0. The molecule has 0 amide bonds. The van der Waals surface area contributed by atoms with E-state index < -0.39 is 0 Å². The summed E-state index contributed by atoms with van der Waals surface area (Å²) in [6.07, 6.45) is 5.24. The summed E-state index contributed by atoms with van der Waals surface area (Å²) >= 11 is 0. The van der Waals surface area contributed by atoms with Gasteiger partial charge in [0.25, 0.3) is 0 Å². The van der Waals surface area contributed by atoms with E-state index in [1.807, 2.05) is 0 Å². The molecule has 0 saturated carbocycles. The van der Waals surface area contributed by atoms with Crippen LogP contribution in [-0.4, -0.2) is 7.11 Å². The van der Waals surface area contributed by atoms with Crippen molar-refractivity contribution in [3.05, 3.63) is 147 Å². The highest BCUT2D eigenvalue weighted by Crippen LogP contribution is 2.55. The molecule has 0 spiro atoms. The zero-order valence-corrected chi connectivity index (χ0v) is 34.7. The van der Waals surface area contributed by atoms with Crippen molar-refractivity contribution in [2.75, 3.05) is 7.11 Å². The molecule has 2 aliphatic carbocycles. The quantitative estimate of drug-likeness (QED) is 0.133. The van der Waals surface area contributed by atoms with E-state index in [4.69, 9.17) is 4.74 Å². The lowest BCUT2D eigenvalue weighted by atomic mass is 9.67. The predicted octanol–water partition coefficient (Wildman–Crippen LogP) is 14.2. The van der Waals surface area contributed by atoms with Crippen LogP contribution in [0.15, 0.2) is 97.1 Å². The van der Waals surface area contributed by atoms with Crippen LogP contribution in [0, 0.1) is 0 Å². The van der Waals surface area contributed by atoms with Gasteiger partial charge in [0.1, 0.15) is 5.75 Å². The highest BCUT2D eigenvalue weighted by molar-refractivity contribution is 5.83. The van der Waals surface area contributed by atoms with Gasteiger partial charge in [0, 0.05) is 21.7 Å². The third-order valence-electron chi connectivity index (χ3n) is 14.7. The van der Waals surface area contributed by atoms with Crippen LogP contribution in [0.2, 0.25) is 0 Å². The van der Waals surface area contributed by atoms with Crippen molar-refractivity contribution >= 4 is 0 Å². The molecule has 1 heteroatoms. The van der Waals surface area contributed by atoms with Crippen LogP contribution >= 0.6 is 0 Å². The van der Waals surface area contributed by atoms with Crippen LogP contribution < -0.4 is 4.74 Å². The lowest BCUT2D eigenvalue weighted by Gasteiger charge is -2.36. The summed E-state index contributed by atoms with van der Waals surface area (Å²) in [7, 11) is 1.81. The van der Waals surface area contributed by atoms with Crippen LogP contribution in [0.4, 0.5) is 0 Å². The molecule has 0 aliphatic heterocycles. The first-order chi connectivity index (χ1) is 25.2. The van der Waals surface area contributed by atoms with Crippen LogP contribution in [0.3, 0.4) is 0 Å². The molecule has 0 unspecified atom stereocenters. The smallest absolute Gasteiger partial charge is 0.119 e. The van der Waals surface area contributed by atoms with Crippen molar-refractivity contribution in [1.82, 2.24) is 0 Å². The van der Waals surface area contributed by atoms with E-state index in [1.54, 1.807) is 7.11 Å². The number of hydrogen-bond donors (Lipinski definition) is 0. The summed E-state index contributed by atoms with van der Waals surface area (Å²) in [6, 6.07) is 38.3. The Balaban J connectivity index is 1.32. The maximum atomic E-state index is 5.94. The molecule has 0 radical (unpaired) electrons. The molecule has 0 atom stereocenters. The number of ether oxygens (including phenoxy) is 1. The first kappa shape index (κ1) is 37.2.